The normalized spacial score (nSPS) is 15.4. The molecule has 0 amide bonds. The van der Waals surface area contributed by atoms with Crippen molar-refractivity contribution in [2.75, 3.05) is 27.1 Å². The zero-order chi connectivity index (χ0) is 31.5. The number of ether oxygens (including phenoxy) is 6. The van der Waals surface area contributed by atoms with Crippen molar-refractivity contribution >= 4 is 23.4 Å². The molecule has 232 valence electrons. The summed E-state index contributed by atoms with van der Waals surface area (Å²) in [5.41, 5.74) is 2.97. The van der Waals surface area contributed by atoms with Gasteiger partial charge in [0, 0.05) is 0 Å². The second-order valence-corrected chi connectivity index (χ2v) is 11.2. The van der Waals surface area contributed by atoms with E-state index in [1.165, 1.54) is 11.3 Å². The lowest BCUT2D eigenvalue weighted by Gasteiger charge is -2.24. The fourth-order valence-electron chi connectivity index (χ4n) is 5.26. The lowest BCUT2D eigenvalue weighted by atomic mass is 9.96. The number of methoxy groups -OCH3 is 1. The Labute approximate surface area is 263 Å². The second-order valence-electron chi connectivity index (χ2n) is 10.2. The summed E-state index contributed by atoms with van der Waals surface area (Å²) in [5.74, 6) is 2.67. The molecule has 1 aromatic heterocycles. The van der Waals surface area contributed by atoms with Gasteiger partial charge in [0.25, 0.3) is 5.56 Å². The van der Waals surface area contributed by atoms with Crippen molar-refractivity contribution in [2.45, 2.75) is 33.4 Å². The number of hydrogen-bond donors (Lipinski definition) is 0. The molecule has 0 saturated carbocycles. The lowest BCUT2D eigenvalue weighted by molar-refractivity contribution is -0.139. The van der Waals surface area contributed by atoms with E-state index >= 15 is 0 Å². The zero-order valence-electron chi connectivity index (χ0n) is 25.3. The average molecular weight is 629 g/mol. The van der Waals surface area contributed by atoms with E-state index in [1.807, 2.05) is 61.5 Å². The number of fused-ring (bicyclic) bond motifs is 2. The minimum Gasteiger partial charge on any atom is -0.494 e. The van der Waals surface area contributed by atoms with Gasteiger partial charge in [-0.15, -0.1) is 0 Å². The molecule has 0 spiro atoms. The largest absolute Gasteiger partial charge is 0.494 e. The number of rotatable bonds is 10. The molecule has 0 radical (unpaired) electrons. The summed E-state index contributed by atoms with van der Waals surface area (Å²) in [5, 5.41) is 0. The van der Waals surface area contributed by atoms with Crippen molar-refractivity contribution < 1.29 is 33.2 Å². The van der Waals surface area contributed by atoms with E-state index in [0.717, 1.165) is 16.7 Å². The van der Waals surface area contributed by atoms with E-state index in [0.29, 0.717) is 62.6 Å². The van der Waals surface area contributed by atoms with Crippen LogP contribution in [0.5, 0.6) is 28.7 Å². The first-order valence-electron chi connectivity index (χ1n) is 14.5. The highest BCUT2D eigenvalue weighted by atomic mass is 32.1. The smallest absolute Gasteiger partial charge is 0.338 e. The first-order valence-corrected chi connectivity index (χ1v) is 15.3. The van der Waals surface area contributed by atoms with E-state index in [1.54, 1.807) is 37.7 Å². The fraction of sp³-hybridized carbons (Fsp3) is 0.265. The van der Waals surface area contributed by atoms with E-state index < -0.39 is 12.0 Å². The fourth-order valence-corrected chi connectivity index (χ4v) is 6.30. The quantitative estimate of drug-likeness (QED) is 0.236. The number of benzene rings is 3. The van der Waals surface area contributed by atoms with Gasteiger partial charge in [-0.2, -0.15) is 0 Å². The Morgan fingerprint density at radius 1 is 1.00 bits per heavy atom. The molecule has 3 heterocycles. The summed E-state index contributed by atoms with van der Waals surface area (Å²) >= 11 is 1.26. The molecule has 6 rings (SSSR count). The summed E-state index contributed by atoms with van der Waals surface area (Å²) in [7, 11) is 1.57. The third-order valence-electron chi connectivity index (χ3n) is 7.34. The highest BCUT2D eigenvalue weighted by Crippen LogP contribution is 2.34. The molecule has 0 aliphatic carbocycles. The molecule has 2 aliphatic rings. The summed E-state index contributed by atoms with van der Waals surface area (Å²) in [6.07, 6.45) is 1.78. The molecular weight excluding hydrogens is 596 g/mol. The molecule has 10 nitrogen and oxygen atoms in total. The first kappa shape index (κ1) is 30.0. The average Bonchev–Trinajstić information content (AvgIpc) is 3.63. The minimum absolute atomic E-state index is 0.203. The molecule has 0 fully saturated rings. The van der Waals surface area contributed by atoms with E-state index in [9.17, 15) is 9.59 Å². The molecule has 0 unspecified atom stereocenters. The first-order chi connectivity index (χ1) is 21.9. The number of nitrogens with zero attached hydrogens (tertiary/aromatic N) is 2. The summed E-state index contributed by atoms with van der Waals surface area (Å²) in [4.78, 5) is 32.3. The Hall–Kier alpha value is -5.03. The van der Waals surface area contributed by atoms with Crippen LogP contribution in [-0.2, 0) is 16.1 Å². The SMILES string of the molecule is CCOC(=O)C1=C(C)N=c2s/c(=C\c3ccc(OCc4ccc5c(c4)OCO5)c(OC)c3)c(=O)n2[C@@H]1c1ccc(OCC)cc1. The van der Waals surface area contributed by atoms with Gasteiger partial charge in [-0.05, 0) is 79.9 Å². The third kappa shape index (κ3) is 6.03. The predicted octanol–water partition coefficient (Wildman–Crippen LogP) is 4.51. The van der Waals surface area contributed by atoms with Gasteiger partial charge in [0.2, 0.25) is 6.79 Å². The Morgan fingerprint density at radius 3 is 2.56 bits per heavy atom. The van der Waals surface area contributed by atoms with Crippen molar-refractivity contribution in [1.82, 2.24) is 4.57 Å². The number of aromatic nitrogens is 1. The summed E-state index contributed by atoms with van der Waals surface area (Å²) in [6.45, 7) is 6.66. The predicted molar refractivity (Wildman–Crippen MR) is 168 cm³/mol. The molecule has 0 bridgehead atoms. The van der Waals surface area contributed by atoms with Gasteiger partial charge in [0.05, 0.1) is 42.2 Å². The van der Waals surface area contributed by atoms with Crippen LogP contribution < -0.4 is 38.6 Å². The number of hydrogen-bond acceptors (Lipinski definition) is 10. The van der Waals surface area contributed by atoms with Gasteiger partial charge in [0.1, 0.15) is 12.4 Å². The number of esters is 1. The van der Waals surface area contributed by atoms with Crippen LogP contribution in [0.3, 0.4) is 0 Å². The summed E-state index contributed by atoms with van der Waals surface area (Å²) in [6, 6.07) is 17.8. The molecule has 2 aliphatic heterocycles. The van der Waals surface area contributed by atoms with Gasteiger partial charge in [-0.1, -0.05) is 35.6 Å². The molecular formula is C34H32N2O8S. The molecule has 11 heteroatoms. The third-order valence-corrected chi connectivity index (χ3v) is 8.32. The van der Waals surface area contributed by atoms with Crippen molar-refractivity contribution in [3.63, 3.8) is 0 Å². The van der Waals surface area contributed by atoms with E-state index in [4.69, 9.17) is 28.4 Å². The zero-order valence-corrected chi connectivity index (χ0v) is 26.1. The molecule has 4 aromatic rings. The second kappa shape index (κ2) is 12.9. The Morgan fingerprint density at radius 2 is 1.80 bits per heavy atom. The standard InChI is InChI=1S/C34H32N2O8S/c1-5-40-24-11-9-23(10-12-24)31-30(33(38)41-6-2)20(3)35-34-36(31)32(37)29(45-34)17-21-7-13-25(27(15-21)39-4)42-18-22-8-14-26-28(16-22)44-19-43-26/h7-17,31H,5-6,18-19H2,1-4H3/b29-17-/t31-/m1/s1. The maximum Gasteiger partial charge on any atom is 0.338 e. The number of allylic oxidation sites excluding steroid dienone is 1. The lowest BCUT2D eigenvalue weighted by Crippen LogP contribution is -2.39. The maximum atomic E-state index is 14.0. The molecule has 0 N–H and O–H groups in total. The van der Waals surface area contributed by atoms with E-state index in [2.05, 4.69) is 4.99 Å². The monoisotopic (exact) mass is 628 g/mol. The summed E-state index contributed by atoms with van der Waals surface area (Å²) < 4.78 is 35.5. The van der Waals surface area contributed by atoms with Gasteiger partial charge in [-0.25, -0.2) is 9.79 Å². The van der Waals surface area contributed by atoms with Crippen molar-refractivity contribution in [3.8, 4) is 28.7 Å². The molecule has 0 saturated heterocycles. The van der Waals surface area contributed by atoms with Crippen LogP contribution in [0.25, 0.3) is 6.08 Å². The van der Waals surface area contributed by atoms with Crippen LogP contribution in [-0.4, -0.2) is 37.7 Å². The topological polar surface area (TPSA) is 107 Å². The van der Waals surface area contributed by atoms with Crippen LogP contribution in [0.2, 0.25) is 0 Å². The van der Waals surface area contributed by atoms with Crippen LogP contribution in [0, 0.1) is 0 Å². The highest BCUT2D eigenvalue weighted by Gasteiger charge is 2.33. The van der Waals surface area contributed by atoms with Crippen LogP contribution >= 0.6 is 11.3 Å². The molecule has 45 heavy (non-hydrogen) atoms. The molecule has 1 atom stereocenters. The van der Waals surface area contributed by atoms with Gasteiger partial charge in [-0.3, -0.25) is 9.36 Å². The van der Waals surface area contributed by atoms with Crippen LogP contribution in [0.1, 0.15) is 43.5 Å². The van der Waals surface area contributed by atoms with Gasteiger partial charge < -0.3 is 28.4 Å². The van der Waals surface area contributed by atoms with E-state index in [-0.39, 0.29) is 19.0 Å². The highest BCUT2D eigenvalue weighted by molar-refractivity contribution is 7.07. The minimum atomic E-state index is -0.709. The van der Waals surface area contributed by atoms with Crippen molar-refractivity contribution in [3.05, 3.63) is 108 Å². The Kier molecular flexibility index (Phi) is 8.61. The molecule has 3 aromatic carbocycles. The maximum absolute atomic E-state index is 14.0. The van der Waals surface area contributed by atoms with Gasteiger partial charge in [0.15, 0.2) is 27.8 Å². The Bertz CT molecular complexity index is 1960. The van der Waals surface area contributed by atoms with Gasteiger partial charge >= 0.3 is 5.97 Å². The van der Waals surface area contributed by atoms with Crippen molar-refractivity contribution in [2.24, 2.45) is 4.99 Å². The number of carbonyl (C=O) groups is 1. The van der Waals surface area contributed by atoms with Crippen molar-refractivity contribution in [1.29, 1.82) is 0 Å². The Balaban J connectivity index is 1.34. The number of thiazole rings is 1. The number of carbonyl (C=O) groups excluding carboxylic acids is 1. The van der Waals surface area contributed by atoms with Crippen LogP contribution in [0.15, 0.2) is 81.7 Å². The van der Waals surface area contributed by atoms with Crippen LogP contribution in [0.4, 0.5) is 0 Å².